The van der Waals surface area contributed by atoms with Crippen LogP contribution in [-0.4, -0.2) is 5.11 Å². The Bertz CT molecular complexity index is 480. The SMILES string of the molecule is CC1CCC(C(O)c2c(F)c(F)c(F)c(F)c2F)CC1. The number of aliphatic hydroxyl groups is 1. The maximum Gasteiger partial charge on any atom is 0.200 e. The minimum absolute atomic E-state index is 0.440. The van der Waals surface area contributed by atoms with E-state index in [0.29, 0.717) is 18.8 Å². The van der Waals surface area contributed by atoms with E-state index in [-0.39, 0.29) is 0 Å². The summed E-state index contributed by atoms with van der Waals surface area (Å²) in [7, 11) is 0. The molecule has 0 aromatic heterocycles. The van der Waals surface area contributed by atoms with E-state index in [1.807, 2.05) is 6.92 Å². The molecule has 1 unspecified atom stereocenters. The van der Waals surface area contributed by atoms with Gasteiger partial charge in [0.15, 0.2) is 23.3 Å². The zero-order valence-electron chi connectivity index (χ0n) is 10.9. The van der Waals surface area contributed by atoms with Gasteiger partial charge in [0.25, 0.3) is 0 Å². The first-order valence-corrected chi connectivity index (χ1v) is 6.54. The molecule has 6 heteroatoms. The first-order valence-electron chi connectivity index (χ1n) is 6.54. The Kier molecular flexibility index (Phi) is 4.32. The van der Waals surface area contributed by atoms with Gasteiger partial charge in [-0.05, 0) is 24.7 Å². The van der Waals surface area contributed by atoms with Crippen LogP contribution in [0.3, 0.4) is 0 Å². The lowest BCUT2D eigenvalue weighted by molar-refractivity contribution is 0.0675. The molecule has 0 amide bonds. The Morgan fingerprint density at radius 2 is 1.20 bits per heavy atom. The Balaban J connectivity index is 2.37. The molecule has 0 radical (unpaired) electrons. The number of hydrogen-bond donors (Lipinski definition) is 1. The zero-order chi connectivity index (χ0) is 15.0. The number of aliphatic hydroxyl groups excluding tert-OH is 1. The molecule has 0 heterocycles. The van der Waals surface area contributed by atoms with Gasteiger partial charge in [0, 0.05) is 0 Å². The third kappa shape index (κ3) is 2.53. The normalized spacial score (nSPS) is 24.8. The van der Waals surface area contributed by atoms with Crippen molar-refractivity contribution in [3.63, 3.8) is 0 Å². The second-order valence-corrected chi connectivity index (χ2v) is 5.45. The van der Waals surface area contributed by atoms with Crippen LogP contribution in [0.2, 0.25) is 0 Å². The molecule has 0 bridgehead atoms. The predicted molar refractivity (Wildman–Crippen MR) is 62.3 cm³/mol. The van der Waals surface area contributed by atoms with Gasteiger partial charge < -0.3 is 5.11 Å². The maximum atomic E-state index is 13.6. The Labute approximate surface area is 113 Å². The van der Waals surface area contributed by atoms with Crippen LogP contribution in [0.25, 0.3) is 0 Å². The van der Waals surface area contributed by atoms with Crippen LogP contribution in [0, 0.1) is 40.9 Å². The lowest BCUT2D eigenvalue weighted by atomic mass is 9.78. The summed E-state index contributed by atoms with van der Waals surface area (Å²) in [6, 6.07) is 0. The number of benzene rings is 1. The van der Waals surface area contributed by atoms with E-state index in [2.05, 4.69) is 0 Å². The summed E-state index contributed by atoms with van der Waals surface area (Å²) >= 11 is 0. The van der Waals surface area contributed by atoms with Crippen LogP contribution < -0.4 is 0 Å². The predicted octanol–water partition coefficient (Wildman–Crippen LogP) is 4.24. The summed E-state index contributed by atoms with van der Waals surface area (Å²) < 4.78 is 66.4. The first-order chi connectivity index (χ1) is 9.34. The summed E-state index contributed by atoms with van der Waals surface area (Å²) in [6.07, 6.45) is 0.852. The van der Waals surface area contributed by atoms with Gasteiger partial charge >= 0.3 is 0 Å². The van der Waals surface area contributed by atoms with Crippen molar-refractivity contribution in [2.24, 2.45) is 11.8 Å². The lowest BCUT2D eigenvalue weighted by Crippen LogP contribution is -2.22. The molecule has 112 valence electrons. The fourth-order valence-electron chi connectivity index (χ4n) is 2.72. The Morgan fingerprint density at radius 3 is 1.65 bits per heavy atom. The van der Waals surface area contributed by atoms with Crippen molar-refractivity contribution in [3.05, 3.63) is 34.6 Å². The van der Waals surface area contributed by atoms with Crippen molar-refractivity contribution in [2.75, 3.05) is 0 Å². The van der Waals surface area contributed by atoms with Crippen LogP contribution in [0.1, 0.15) is 44.3 Å². The second kappa shape index (κ2) is 5.68. The molecule has 1 saturated carbocycles. The molecule has 1 aromatic rings. The number of halogens is 5. The van der Waals surface area contributed by atoms with Crippen molar-refractivity contribution in [3.8, 4) is 0 Å². The standard InChI is InChI=1S/C14H15F5O/c1-6-2-4-7(5-3-6)14(20)8-9(15)11(17)13(19)12(18)10(8)16/h6-7,14,20H,2-5H2,1H3. The molecule has 0 saturated heterocycles. The molecule has 2 rings (SSSR count). The maximum absolute atomic E-state index is 13.6. The first kappa shape index (κ1) is 15.2. The van der Waals surface area contributed by atoms with E-state index in [1.54, 1.807) is 0 Å². The van der Waals surface area contributed by atoms with Crippen molar-refractivity contribution in [1.82, 2.24) is 0 Å². The van der Waals surface area contributed by atoms with Crippen LogP contribution >= 0.6 is 0 Å². The molecule has 1 aliphatic carbocycles. The molecular formula is C14H15F5O. The van der Waals surface area contributed by atoms with Crippen molar-refractivity contribution in [1.29, 1.82) is 0 Å². The van der Waals surface area contributed by atoms with Crippen molar-refractivity contribution in [2.45, 2.75) is 38.7 Å². The fourth-order valence-corrected chi connectivity index (χ4v) is 2.72. The molecule has 20 heavy (non-hydrogen) atoms. The molecule has 1 nitrogen and oxygen atoms in total. The van der Waals surface area contributed by atoms with E-state index in [0.717, 1.165) is 12.8 Å². The lowest BCUT2D eigenvalue weighted by Gasteiger charge is -2.30. The smallest absolute Gasteiger partial charge is 0.200 e. The summed E-state index contributed by atoms with van der Waals surface area (Å²) in [5.74, 6) is -10.1. The summed E-state index contributed by atoms with van der Waals surface area (Å²) in [4.78, 5) is 0. The highest BCUT2D eigenvalue weighted by atomic mass is 19.2. The third-order valence-corrected chi connectivity index (χ3v) is 4.05. The van der Waals surface area contributed by atoms with Gasteiger partial charge in [0.05, 0.1) is 11.7 Å². The van der Waals surface area contributed by atoms with Crippen molar-refractivity contribution >= 4 is 0 Å². The van der Waals surface area contributed by atoms with Gasteiger partial charge in [0.2, 0.25) is 5.82 Å². The highest BCUT2D eigenvalue weighted by Gasteiger charge is 2.34. The quantitative estimate of drug-likeness (QED) is 0.491. The largest absolute Gasteiger partial charge is 0.388 e. The highest BCUT2D eigenvalue weighted by molar-refractivity contribution is 5.26. The van der Waals surface area contributed by atoms with Gasteiger partial charge in [-0.25, -0.2) is 22.0 Å². The fraction of sp³-hybridized carbons (Fsp3) is 0.571. The molecule has 0 spiro atoms. The van der Waals surface area contributed by atoms with E-state index in [4.69, 9.17) is 0 Å². The molecule has 1 aliphatic rings. The average molecular weight is 294 g/mol. The Morgan fingerprint density at radius 1 is 0.800 bits per heavy atom. The van der Waals surface area contributed by atoms with Crippen LogP contribution in [0.15, 0.2) is 0 Å². The number of rotatable bonds is 2. The van der Waals surface area contributed by atoms with Crippen LogP contribution in [-0.2, 0) is 0 Å². The monoisotopic (exact) mass is 294 g/mol. The zero-order valence-corrected chi connectivity index (χ0v) is 10.9. The van der Waals surface area contributed by atoms with Gasteiger partial charge in [-0.3, -0.25) is 0 Å². The molecule has 1 fully saturated rings. The molecule has 1 N–H and O–H groups in total. The molecule has 1 aromatic carbocycles. The molecule has 0 aliphatic heterocycles. The van der Waals surface area contributed by atoms with Crippen LogP contribution in [0.4, 0.5) is 22.0 Å². The summed E-state index contributed by atoms with van der Waals surface area (Å²) in [5.41, 5.74) is -1.11. The second-order valence-electron chi connectivity index (χ2n) is 5.45. The average Bonchev–Trinajstić information content (AvgIpc) is 2.44. The highest BCUT2D eigenvalue weighted by Crippen LogP contribution is 2.39. The third-order valence-electron chi connectivity index (χ3n) is 4.05. The van der Waals surface area contributed by atoms with Gasteiger partial charge in [0.1, 0.15) is 0 Å². The number of hydrogen-bond acceptors (Lipinski definition) is 1. The Hall–Kier alpha value is -1.17. The van der Waals surface area contributed by atoms with E-state index in [9.17, 15) is 27.1 Å². The van der Waals surface area contributed by atoms with Crippen molar-refractivity contribution < 1.29 is 27.1 Å². The molecule has 1 atom stereocenters. The van der Waals surface area contributed by atoms with E-state index >= 15 is 0 Å². The minimum atomic E-state index is -2.20. The van der Waals surface area contributed by atoms with E-state index in [1.165, 1.54) is 0 Å². The van der Waals surface area contributed by atoms with Gasteiger partial charge in [-0.2, -0.15) is 0 Å². The summed E-state index contributed by atoms with van der Waals surface area (Å²) in [6.45, 7) is 2.01. The van der Waals surface area contributed by atoms with E-state index < -0.39 is 46.7 Å². The van der Waals surface area contributed by atoms with Crippen LogP contribution in [0.5, 0.6) is 0 Å². The minimum Gasteiger partial charge on any atom is -0.388 e. The van der Waals surface area contributed by atoms with Gasteiger partial charge in [-0.15, -0.1) is 0 Å². The topological polar surface area (TPSA) is 20.2 Å². The summed E-state index contributed by atoms with van der Waals surface area (Å²) in [5, 5.41) is 10.00. The van der Waals surface area contributed by atoms with Gasteiger partial charge in [-0.1, -0.05) is 19.8 Å². The molecular weight excluding hydrogens is 279 g/mol.